The van der Waals surface area contributed by atoms with Crippen LogP contribution in [0.5, 0.6) is 0 Å². The highest BCUT2D eigenvalue weighted by molar-refractivity contribution is 8.04. The lowest BCUT2D eigenvalue weighted by Gasteiger charge is -2.42. The molecule has 1 aromatic rings. The van der Waals surface area contributed by atoms with E-state index in [1.165, 1.54) is 82.9 Å². The Morgan fingerprint density at radius 3 is 2.25 bits per heavy atom. The smallest absolute Gasteiger partial charge is 0.0788 e. The first kappa shape index (κ1) is 28.3. The first-order chi connectivity index (χ1) is 17.1. The van der Waals surface area contributed by atoms with E-state index in [9.17, 15) is 0 Å². The maximum absolute atomic E-state index is 2.88. The standard InChI is InChI=1S/C34H55NS/c1-9-20-35(21-17-25(4)13-12-14-26(10-2)11-3)34-23-31(34)28(24-36-34)27-15-16-29-30(22-27)33(7,8)19-18-32(29,5)6/h15-16,22,24-26,31H,9-14,17-21,23H2,1-8H3. The van der Waals surface area contributed by atoms with Crippen LogP contribution >= 0.6 is 11.8 Å². The number of hydrogen-bond donors (Lipinski definition) is 0. The highest BCUT2D eigenvalue weighted by Gasteiger charge is 2.62. The Hall–Kier alpha value is -0.730. The Morgan fingerprint density at radius 1 is 0.917 bits per heavy atom. The quantitative estimate of drug-likeness (QED) is 0.260. The third kappa shape index (κ3) is 5.66. The molecule has 1 aliphatic heterocycles. The van der Waals surface area contributed by atoms with Crippen LogP contribution in [0.25, 0.3) is 5.57 Å². The summed E-state index contributed by atoms with van der Waals surface area (Å²) in [6.45, 7) is 21.9. The molecule has 0 bridgehead atoms. The van der Waals surface area contributed by atoms with Crippen LogP contribution in [-0.2, 0) is 10.8 Å². The molecule has 1 aromatic carbocycles. The summed E-state index contributed by atoms with van der Waals surface area (Å²) in [6, 6.07) is 7.52. The number of fused-ring (bicyclic) bond motifs is 2. The Morgan fingerprint density at radius 2 is 1.61 bits per heavy atom. The van der Waals surface area contributed by atoms with E-state index in [0.717, 1.165) is 17.8 Å². The molecule has 2 heteroatoms. The van der Waals surface area contributed by atoms with Crippen LogP contribution in [0, 0.1) is 17.8 Å². The number of benzene rings is 1. The average molecular weight is 510 g/mol. The van der Waals surface area contributed by atoms with E-state index >= 15 is 0 Å². The van der Waals surface area contributed by atoms with Gasteiger partial charge in [-0.15, -0.1) is 11.8 Å². The lowest BCUT2D eigenvalue weighted by molar-refractivity contribution is 0.218. The van der Waals surface area contributed by atoms with Crippen LogP contribution in [0.1, 0.15) is 136 Å². The molecular formula is C34H55NS. The molecule has 3 atom stereocenters. The summed E-state index contributed by atoms with van der Waals surface area (Å²) in [5.41, 5.74) is 6.90. The fourth-order valence-corrected chi connectivity index (χ4v) is 8.68. The van der Waals surface area contributed by atoms with E-state index in [4.69, 9.17) is 0 Å². The molecule has 202 valence electrons. The van der Waals surface area contributed by atoms with Gasteiger partial charge < -0.3 is 0 Å². The summed E-state index contributed by atoms with van der Waals surface area (Å²) >= 11 is 2.15. The van der Waals surface area contributed by atoms with E-state index in [2.05, 4.69) is 95.7 Å². The summed E-state index contributed by atoms with van der Waals surface area (Å²) < 4.78 is 0. The Kier molecular flexibility index (Phi) is 8.78. The van der Waals surface area contributed by atoms with E-state index in [-0.39, 0.29) is 5.41 Å². The summed E-state index contributed by atoms with van der Waals surface area (Å²) in [7, 11) is 0. The SMILES string of the molecule is CCCN(CCC(C)CCCC(CC)CC)C12CC1C(c1ccc3c(c1)C(C)(C)CCC3(C)C)=CS2. The monoisotopic (exact) mass is 509 g/mol. The molecule has 3 aliphatic rings. The molecule has 0 spiro atoms. The second-order valence-corrected chi connectivity index (χ2v) is 15.0. The highest BCUT2D eigenvalue weighted by Crippen LogP contribution is 2.67. The Bertz CT molecular complexity index is 923. The van der Waals surface area contributed by atoms with Gasteiger partial charge in [0.05, 0.1) is 4.87 Å². The third-order valence-corrected chi connectivity index (χ3v) is 11.7. The molecule has 36 heavy (non-hydrogen) atoms. The van der Waals surface area contributed by atoms with Crippen molar-refractivity contribution < 1.29 is 0 Å². The summed E-state index contributed by atoms with van der Waals surface area (Å²) in [5, 5.41) is 2.54. The largest absolute Gasteiger partial charge is 0.288 e. The molecule has 2 aliphatic carbocycles. The predicted molar refractivity (Wildman–Crippen MR) is 162 cm³/mol. The van der Waals surface area contributed by atoms with Gasteiger partial charge in [-0.2, -0.15) is 0 Å². The number of nitrogens with zero attached hydrogens (tertiary/aromatic N) is 1. The molecule has 1 saturated carbocycles. The van der Waals surface area contributed by atoms with Crippen LogP contribution in [-0.4, -0.2) is 22.9 Å². The minimum atomic E-state index is 0.284. The minimum Gasteiger partial charge on any atom is -0.288 e. The van der Waals surface area contributed by atoms with Crippen molar-refractivity contribution in [2.24, 2.45) is 17.8 Å². The van der Waals surface area contributed by atoms with Crippen molar-refractivity contribution in [2.75, 3.05) is 13.1 Å². The number of thioether (sulfide) groups is 1. The molecule has 0 aromatic heterocycles. The first-order valence-corrected chi connectivity index (χ1v) is 16.2. The molecule has 0 radical (unpaired) electrons. The molecule has 1 heterocycles. The first-order valence-electron chi connectivity index (χ1n) is 15.4. The van der Waals surface area contributed by atoms with Crippen molar-refractivity contribution >= 4 is 17.3 Å². The number of rotatable bonds is 13. The van der Waals surface area contributed by atoms with Gasteiger partial charge in [0, 0.05) is 5.92 Å². The molecule has 0 amide bonds. The van der Waals surface area contributed by atoms with E-state index in [1.54, 1.807) is 16.7 Å². The normalized spacial score (nSPS) is 26.6. The maximum atomic E-state index is 2.88. The predicted octanol–water partition coefficient (Wildman–Crippen LogP) is 10.2. The van der Waals surface area contributed by atoms with Gasteiger partial charge in [-0.3, -0.25) is 4.90 Å². The van der Waals surface area contributed by atoms with Crippen molar-refractivity contribution in [2.45, 2.75) is 135 Å². The zero-order chi connectivity index (χ0) is 26.1. The van der Waals surface area contributed by atoms with E-state index < -0.39 is 0 Å². The van der Waals surface area contributed by atoms with Crippen molar-refractivity contribution in [3.8, 4) is 0 Å². The Labute approximate surface area is 228 Å². The van der Waals surface area contributed by atoms with Crippen molar-refractivity contribution in [3.63, 3.8) is 0 Å². The van der Waals surface area contributed by atoms with Crippen molar-refractivity contribution in [1.29, 1.82) is 0 Å². The van der Waals surface area contributed by atoms with Gasteiger partial charge in [0.15, 0.2) is 0 Å². The second-order valence-electron chi connectivity index (χ2n) is 13.8. The molecule has 1 nitrogen and oxygen atoms in total. The zero-order valence-corrected chi connectivity index (χ0v) is 25.7. The molecule has 4 rings (SSSR count). The highest BCUT2D eigenvalue weighted by atomic mass is 32.2. The van der Waals surface area contributed by atoms with Gasteiger partial charge in [0.2, 0.25) is 0 Å². The zero-order valence-electron chi connectivity index (χ0n) is 24.9. The summed E-state index contributed by atoms with van der Waals surface area (Å²) in [4.78, 5) is 3.24. The molecule has 0 saturated heterocycles. The van der Waals surface area contributed by atoms with Crippen LogP contribution < -0.4 is 0 Å². The molecule has 0 N–H and O–H groups in total. The van der Waals surface area contributed by atoms with E-state index in [1.807, 2.05) is 0 Å². The summed E-state index contributed by atoms with van der Waals surface area (Å²) in [6.07, 6.45) is 13.5. The molecule has 1 fully saturated rings. The second kappa shape index (κ2) is 11.2. The van der Waals surface area contributed by atoms with Gasteiger partial charge in [-0.05, 0) is 95.5 Å². The summed E-state index contributed by atoms with van der Waals surface area (Å²) in [5.74, 6) is 2.51. The van der Waals surface area contributed by atoms with Crippen LogP contribution in [0.4, 0.5) is 0 Å². The third-order valence-electron chi connectivity index (χ3n) is 10.2. The van der Waals surface area contributed by atoms with Crippen LogP contribution in [0.3, 0.4) is 0 Å². The van der Waals surface area contributed by atoms with Gasteiger partial charge in [-0.25, -0.2) is 0 Å². The fourth-order valence-electron chi connectivity index (χ4n) is 7.16. The van der Waals surface area contributed by atoms with Gasteiger partial charge >= 0.3 is 0 Å². The van der Waals surface area contributed by atoms with Crippen molar-refractivity contribution in [1.82, 2.24) is 4.90 Å². The number of hydrogen-bond acceptors (Lipinski definition) is 2. The minimum absolute atomic E-state index is 0.284. The Balaban J connectivity index is 1.40. The van der Waals surface area contributed by atoms with Gasteiger partial charge in [-0.1, -0.05) is 106 Å². The van der Waals surface area contributed by atoms with Crippen molar-refractivity contribution in [3.05, 3.63) is 40.3 Å². The average Bonchev–Trinajstić information content (AvgIpc) is 3.46. The maximum Gasteiger partial charge on any atom is 0.0788 e. The van der Waals surface area contributed by atoms with Gasteiger partial charge in [0.25, 0.3) is 0 Å². The molecule has 3 unspecified atom stereocenters. The van der Waals surface area contributed by atoms with Crippen LogP contribution in [0.2, 0.25) is 0 Å². The lowest BCUT2D eigenvalue weighted by Crippen LogP contribution is -2.37. The van der Waals surface area contributed by atoms with Crippen LogP contribution in [0.15, 0.2) is 23.6 Å². The lowest BCUT2D eigenvalue weighted by atomic mass is 9.63. The van der Waals surface area contributed by atoms with Gasteiger partial charge in [0.1, 0.15) is 0 Å². The topological polar surface area (TPSA) is 3.24 Å². The fraction of sp³-hybridized carbons (Fsp3) is 0.765. The van der Waals surface area contributed by atoms with E-state index in [0.29, 0.717) is 10.3 Å². The molecular weight excluding hydrogens is 454 g/mol.